The highest BCUT2D eigenvalue weighted by molar-refractivity contribution is 7.80. The average Bonchev–Trinajstić information content (AvgIpc) is 2.14. The average molecular weight is 143 g/mol. The molecule has 0 radical (unpaired) electrons. The van der Waals surface area contributed by atoms with Gasteiger partial charge in [-0.2, -0.15) is 0 Å². The molecule has 0 N–H and O–H groups in total. The molecule has 3 heteroatoms. The van der Waals surface area contributed by atoms with Crippen LogP contribution in [-0.4, -0.2) is 4.98 Å². The van der Waals surface area contributed by atoms with Crippen molar-refractivity contribution in [2.75, 3.05) is 0 Å². The Morgan fingerprint density at radius 3 is 2.56 bits per heavy atom. The zero-order valence-corrected chi connectivity index (χ0v) is 6.35. The van der Waals surface area contributed by atoms with Crippen molar-refractivity contribution in [1.82, 2.24) is 4.98 Å². The van der Waals surface area contributed by atoms with Crippen LogP contribution in [0.4, 0.5) is 0 Å². The minimum Gasteiger partial charge on any atom is -0.434 e. The first kappa shape index (κ1) is 6.68. The van der Waals surface area contributed by atoms with Gasteiger partial charge >= 0.3 is 0 Å². The van der Waals surface area contributed by atoms with Gasteiger partial charge in [-0.1, -0.05) is 13.8 Å². The molecule has 1 aromatic rings. The van der Waals surface area contributed by atoms with Gasteiger partial charge in [0.1, 0.15) is 0 Å². The SMILES string of the molecule is CC(C)c1ncc(S)o1. The van der Waals surface area contributed by atoms with E-state index >= 15 is 0 Å². The first-order valence-corrected chi connectivity index (χ1v) is 3.29. The van der Waals surface area contributed by atoms with Crippen molar-refractivity contribution < 1.29 is 4.42 Å². The largest absolute Gasteiger partial charge is 0.434 e. The molecule has 1 aromatic heterocycles. The van der Waals surface area contributed by atoms with Crippen LogP contribution in [0.15, 0.2) is 15.7 Å². The second kappa shape index (κ2) is 2.43. The molecular weight excluding hydrogens is 134 g/mol. The van der Waals surface area contributed by atoms with Crippen LogP contribution in [0.5, 0.6) is 0 Å². The zero-order valence-electron chi connectivity index (χ0n) is 5.46. The highest BCUT2D eigenvalue weighted by Crippen LogP contribution is 2.15. The third-order valence-electron chi connectivity index (χ3n) is 1.01. The lowest BCUT2D eigenvalue weighted by atomic mass is 10.2. The van der Waals surface area contributed by atoms with E-state index in [1.165, 1.54) is 0 Å². The Balaban J connectivity index is 2.85. The van der Waals surface area contributed by atoms with Gasteiger partial charge in [0, 0.05) is 5.92 Å². The molecule has 9 heavy (non-hydrogen) atoms. The first-order valence-electron chi connectivity index (χ1n) is 2.85. The Morgan fingerprint density at radius 1 is 1.67 bits per heavy atom. The zero-order chi connectivity index (χ0) is 6.85. The normalized spacial score (nSPS) is 10.7. The summed E-state index contributed by atoms with van der Waals surface area (Å²) in [5.41, 5.74) is 0. The summed E-state index contributed by atoms with van der Waals surface area (Å²) < 4.78 is 5.10. The fourth-order valence-corrected chi connectivity index (χ4v) is 0.697. The Bertz CT molecular complexity index is 195. The number of oxazole rings is 1. The molecule has 0 aliphatic heterocycles. The van der Waals surface area contributed by atoms with Crippen LogP contribution in [0.3, 0.4) is 0 Å². The first-order chi connectivity index (χ1) is 4.20. The van der Waals surface area contributed by atoms with Crippen molar-refractivity contribution >= 4 is 12.6 Å². The minimum atomic E-state index is 0.353. The van der Waals surface area contributed by atoms with Gasteiger partial charge in [0.2, 0.25) is 0 Å². The van der Waals surface area contributed by atoms with E-state index in [0.717, 1.165) is 5.89 Å². The Hall–Kier alpha value is -0.440. The van der Waals surface area contributed by atoms with Crippen LogP contribution in [-0.2, 0) is 0 Å². The smallest absolute Gasteiger partial charge is 0.198 e. The van der Waals surface area contributed by atoms with Crippen LogP contribution in [0.2, 0.25) is 0 Å². The topological polar surface area (TPSA) is 26.0 Å². The molecule has 0 unspecified atom stereocenters. The lowest BCUT2D eigenvalue weighted by molar-refractivity contribution is 0.408. The van der Waals surface area contributed by atoms with Crippen molar-refractivity contribution in [2.45, 2.75) is 24.9 Å². The molecule has 0 bridgehead atoms. The van der Waals surface area contributed by atoms with Crippen LogP contribution in [0.25, 0.3) is 0 Å². The summed E-state index contributed by atoms with van der Waals surface area (Å²) in [6.07, 6.45) is 1.61. The van der Waals surface area contributed by atoms with E-state index in [2.05, 4.69) is 17.6 Å². The maximum atomic E-state index is 5.10. The molecule has 0 amide bonds. The molecule has 50 valence electrons. The van der Waals surface area contributed by atoms with E-state index in [-0.39, 0.29) is 0 Å². The van der Waals surface area contributed by atoms with Crippen LogP contribution < -0.4 is 0 Å². The molecule has 2 nitrogen and oxygen atoms in total. The van der Waals surface area contributed by atoms with Crippen LogP contribution in [0.1, 0.15) is 25.7 Å². The molecule has 0 aliphatic carbocycles. The maximum absolute atomic E-state index is 5.10. The molecular formula is C6H9NOS. The summed E-state index contributed by atoms with van der Waals surface area (Å²) in [5.74, 6) is 1.10. The van der Waals surface area contributed by atoms with E-state index in [9.17, 15) is 0 Å². The molecule has 0 fully saturated rings. The van der Waals surface area contributed by atoms with Gasteiger partial charge in [0.25, 0.3) is 0 Å². The van der Waals surface area contributed by atoms with E-state index in [4.69, 9.17) is 4.42 Å². The number of aromatic nitrogens is 1. The van der Waals surface area contributed by atoms with Gasteiger partial charge in [0.05, 0.1) is 6.20 Å². The molecule has 1 heterocycles. The van der Waals surface area contributed by atoms with E-state index in [1.807, 2.05) is 13.8 Å². The maximum Gasteiger partial charge on any atom is 0.198 e. The van der Waals surface area contributed by atoms with Gasteiger partial charge in [0.15, 0.2) is 11.0 Å². The van der Waals surface area contributed by atoms with E-state index in [1.54, 1.807) is 6.20 Å². The quantitative estimate of drug-likeness (QED) is 0.609. The summed E-state index contributed by atoms with van der Waals surface area (Å²) in [5, 5.41) is 0.582. The van der Waals surface area contributed by atoms with Crippen molar-refractivity contribution in [3.63, 3.8) is 0 Å². The summed E-state index contributed by atoms with van der Waals surface area (Å²) in [7, 11) is 0. The van der Waals surface area contributed by atoms with Crippen molar-refractivity contribution in [3.05, 3.63) is 12.1 Å². The fraction of sp³-hybridized carbons (Fsp3) is 0.500. The fourth-order valence-electron chi connectivity index (χ4n) is 0.546. The molecule has 0 spiro atoms. The lowest BCUT2D eigenvalue weighted by Crippen LogP contribution is -1.83. The Labute approximate surface area is 59.7 Å². The number of rotatable bonds is 1. The Kier molecular flexibility index (Phi) is 1.81. The number of nitrogens with zero attached hydrogens (tertiary/aromatic N) is 1. The van der Waals surface area contributed by atoms with E-state index < -0.39 is 0 Å². The third kappa shape index (κ3) is 1.48. The number of hydrogen-bond donors (Lipinski definition) is 1. The second-order valence-corrected chi connectivity index (χ2v) is 2.63. The number of thiol groups is 1. The predicted octanol–water partition coefficient (Wildman–Crippen LogP) is 2.09. The second-order valence-electron chi connectivity index (χ2n) is 2.19. The molecule has 0 aromatic carbocycles. The standard InChI is InChI=1S/C6H9NOS/c1-4(2)6-7-3-5(9)8-6/h3-4,9H,1-2H3. The molecule has 1 rings (SSSR count). The monoisotopic (exact) mass is 143 g/mol. The highest BCUT2D eigenvalue weighted by atomic mass is 32.1. The van der Waals surface area contributed by atoms with Crippen LogP contribution >= 0.6 is 12.6 Å². The molecule has 0 saturated heterocycles. The summed E-state index contributed by atoms with van der Waals surface area (Å²) in [6.45, 7) is 4.05. The van der Waals surface area contributed by atoms with Crippen molar-refractivity contribution in [3.8, 4) is 0 Å². The van der Waals surface area contributed by atoms with Crippen molar-refractivity contribution in [2.24, 2.45) is 0 Å². The van der Waals surface area contributed by atoms with Gasteiger partial charge in [-0.3, -0.25) is 0 Å². The van der Waals surface area contributed by atoms with Crippen molar-refractivity contribution in [1.29, 1.82) is 0 Å². The summed E-state index contributed by atoms with van der Waals surface area (Å²) >= 11 is 3.97. The minimum absolute atomic E-state index is 0.353. The van der Waals surface area contributed by atoms with E-state index in [0.29, 0.717) is 11.0 Å². The Morgan fingerprint density at radius 2 is 2.33 bits per heavy atom. The predicted molar refractivity (Wildman–Crippen MR) is 37.8 cm³/mol. The molecule has 0 atom stereocenters. The number of hydrogen-bond acceptors (Lipinski definition) is 3. The third-order valence-corrected chi connectivity index (χ3v) is 1.21. The van der Waals surface area contributed by atoms with Crippen LogP contribution in [0, 0.1) is 0 Å². The summed E-state index contributed by atoms with van der Waals surface area (Å²) in [6, 6.07) is 0. The van der Waals surface area contributed by atoms with Gasteiger partial charge in [-0.15, -0.1) is 12.6 Å². The highest BCUT2D eigenvalue weighted by Gasteiger charge is 2.03. The molecule has 0 saturated carbocycles. The summed E-state index contributed by atoms with van der Waals surface area (Å²) in [4.78, 5) is 3.97. The van der Waals surface area contributed by atoms with Gasteiger partial charge in [-0.05, 0) is 0 Å². The molecule has 0 aliphatic rings. The lowest BCUT2D eigenvalue weighted by Gasteiger charge is -1.93. The van der Waals surface area contributed by atoms with Gasteiger partial charge < -0.3 is 4.42 Å². The van der Waals surface area contributed by atoms with Gasteiger partial charge in [-0.25, -0.2) is 4.98 Å².